The maximum Gasteiger partial charge on any atom is 0.228 e. The fraction of sp³-hybridized carbons (Fsp3) is 0.0370. The predicted octanol–water partition coefficient (Wildman–Crippen LogP) is 6.31. The van der Waals surface area contributed by atoms with Crippen LogP contribution in [0.5, 0.6) is 0 Å². The van der Waals surface area contributed by atoms with Gasteiger partial charge in [0.25, 0.3) is 0 Å². The highest BCUT2D eigenvalue weighted by atomic mass is 16.1. The highest BCUT2D eigenvalue weighted by Crippen LogP contribution is 2.33. The number of benzene rings is 4. The quantitative estimate of drug-likeness (QED) is 0.338. The van der Waals surface area contributed by atoms with Gasteiger partial charge in [-0.2, -0.15) is 0 Å². The van der Waals surface area contributed by atoms with Crippen LogP contribution in [0.25, 0.3) is 21.8 Å². The van der Waals surface area contributed by atoms with Crippen molar-refractivity contribution < 1.29 is 4.79 Å². The summed E-state index contributed by atoms with van der Waals surface area (Å²) in [4.78, 5) is 17.1. The minimum absolute atomic E-state index is 0.0296. The maximum absolute atomic E-state index is 12.3. The number of hydrogen-bond acceptors (Lipinski definition) is 3. The number of fused-ring (bicyclic) bond motifs is 2. The van der Waals surface area contributed by atoms with E-state index >= 15 is 0 Å². The summed E-state index contributed by atoms with van der Waals surface area (Å²) in [5.74, 6) is -0.0296. The molecule has 0 fully saturated rings. The Morgan fingerprint density at radius 3 is 1.84 bits per heavy atom. The summed E-state index contributed by atoms with van der Waals surface area (Å²) in [6.45, 7) is 0. The second-order valence-corrected chi connectivity index (χ2v) is 7.43. The first-order chi connectivity index (χ1) is 15.3. The Hall–Kier alpha value is -4.18. The van der Waals surface area contributed by atoms with Crippen molar-refractivity contribution in [3.63, 3.8) is 0 Å². The molecule has 5 rings (SSSR count). The number of amides is 1. The number of carbonyl (C=O) groups is 1. The molecule has 1 amide bonds. The third-order valence-electron chi connectivity index (χ3n) is 5.23. The van der Waals surface area contributed by atoms with Crippen LogP contribution in [0.15, 0.2) is 103 Å². The highest BCUT2D eigenvalue weighted by Gasteiger charge is 2.09. The Morgan fingerprint density at radius 1 is 0.645 bits per heavy atom. The molecule has 0 unspecified atom stereocenters. The van der Waals surface area contributed by atoms with Gasteiger partial charge in [-0.15, -0.1) is 0 Å². The van der Waals surface area contributed by atoms with Crippen LogP contribution >= 0.6 is 0 Å². The fourth-order valence-corrected chi connectivity index (χ4v) is 3.74. The highest BCUT2D eigenvalue weighted by molar-refractivity contribution is 6.08. The third kappa shape index (κ3) is 4.09. The van der Waals surface area contributed by atoms with Gasteiger partial charge < -0.3 is 10.6 Å². The van der Waals surface area contributed by atoms with Crippen LogP contribution in [0.3, 0.4) is 0 Å². The molecular formula is C27H21N3O. The zero-order valence-electron chi connectivity index (χ0n) is 16.9. The maximum atomic E-state index is 12.3. The van der Waals surface area contributed by atoms with Gasteiger partial charge in [0.05, 0.1) is 23.1 Å². The molecule has 0 saturated carbocycles. The van der Waals surface area contributed by atoms with E-state index in [4.69, 9.17) is 4.98 Å². The Kier molecular flexibility index (Phi) is 5.03. The van der Waals surface area contributed by atoms with Gasteiger partial charge in [-0.3, -0.25) is 4.79 Å². The number of aromatic nitrogens is 1. The molecule has 0 spiro atoms. The van der Waals surface area contributed by atoms with Gasteiger partial charge in [0.1, 0.15) is 0 Å². The Morgan fingerprint density at radius 2 is 1.19 bits per heavy atom. The summed E-state index contributed by atoms with van der Waals surface area (Å²) in [6, 6.07) is 33.8. The lowest BCUT2D eigenvalue weighted by atomic mass is 10.1. The first-order valence-electron chi connectivity index (χ1n) is 10.2. The van der Waals surface area contributed by atoms with E-state index < -0.39 is 0 Å². The molecule has 0 atom stereocenters. The average molecular weight is 403 g/mol. The molecule has 4 heteroatoms. The van der Waals surface area contributed by atoms with E-state index in [1.165, 1.54) is 0 Å². The lowest BCUT2D eigenvalue weighted by molar-refractivity contribution is -0.115. The van der Waals surface area contributed by atoms with Crippen molar-refractivity contribution >= 4 is 44.8 Å². The molecule has 4 aromatic carbocycles. The standard InChI is InChI=1S/C27H21N3O/c31-26(18-19-8-2-1-3-9-19)28-20-14-16-21(17-15-20)29-27-22-10-4-6-12-24(22)30-25-13-7-5-11-23(25)27/h1-17H,18H2,(H,28,31)(H,29,30). The van der Waals surface area contributed by atoms with E-state index in [1.54, 1.807) is 0 Å². The smallest absolute Gasteiger partial charge is 0.228 e. The zero-order valence-corrected chi connectivity index (χ0v) is 16.9. The van der Waals surface area contributed by atoms with Gasteiger partial charge in [0, 0.05) is 22.1 Å². The molecule has 0 aliphatic heterocycles. The first-order valence-corrected chi connectivity index (χ1v) is 10.2. The first kappa shape index (κ1) is 18.8. The van der Waals surface area contributed by atoms with Crippen molar-refractivity contribution in [1.82, 2.24) is 4.98 Å². The molecule has 0 aliphatic carbocycles. The molecule has 1 aromatic heterocycles. The SMILES string of the molecule is O=C(Cc1ccccc1)Nc1ccc(Nc2c3ccccc3nc3ccccc23)cc1. The number of anilines is 3. The largest absolute Gasteiger partial charge is 0.354 e. The lowest BCUT2D eigenvalue weighted by Gasteiger charge is -2.14. The van der Waals surface area contributed by atoms with Crippen LogP contribution in [-0.4, -0.2) is 10.9 Å². The summed E-state index contributed by atoms with van der Waals surface area (Å²) in [5.41, 5.74) is 5.65. The Balaban J connectivity index is 1.38. The molecule has 5 aromatic rings. The Bertz CT molecular complexity index is 1310. The summed E-state index contributed by atoms with van der Waals surface area (Å²) in [6.07, 6.45) is 0.357. The summed E-state index contributed by atoms with van der Waals surface area (Å²) >= 11 is 0. The van der Waals surface area contributed by atoms with Crippen LogP contribution in [0.4, 0.5) is 17.1 Å². The van der Waals surface area contributed by atoms with Crippen molar-refractivity contribution in [3.8, 4) is 0 Å². The zero-order chi connectivity index (χ0) is 21.0. The van der Waals surface area contributed by atoms with Crippen molar-refractivity contribution in [1.29, 1.82) is 0 Å². The molecular weight excluding hydrogens is 382 g/mol. The van der Waals surface area contributed by atoms with E-state index in [1.807, 2.05) is 91.0 Å². The molecule has 0 radical (unpaired) electrons. The van der Waals surface area contributed by atoms with Crippen LogP contribution in [0.2, 0.25) is 0 Å². The number of para-hydroxylation sites is 2. The van der Waals surface area contributed by atoms with Gasteiger partial charge in [-0.25, -0.2) is 4.98 Å². The van der Waals surface area contributed by atoms with Gasteiger partial charge in [-0.1, -0.05) is 66.7 Å². The van der Waals surface area contributed by atoms with Crippen molar-refractivity contribution in [3.05, 3.63) is 109 Å². The van der Waals surface area contributed by atoms with E-state index in [9.17, 15) is 4.79 Å². The van der Waals surface area contributed by atoms with Crippen LogP contribution in [0, 0.1) is 0 Å². The van der Waals surface area contributed by atoms with Crippen LogP contribution in [0.1, 0.15) is 5.56 Å². The summed E-state index contributed by atoms with van der Waals surface area (Å²) < 4.78 is 0. The molecule has 0 saturated heterocycles. The molecule has 0 aliphatic rings. The topological polar surface area (TPSA) is 54.0 Å². The number of nitrogens with zero attached hydrogens (tertiary/aromatic N) is 1. The Labute approximate surface area is 180 Å². The summed E-state index contributed by atoms with van der Waals surface area (Å²) in [5, 5.41) is 8.66. The lowest BCUT2D eigenvalue weighted by Crippen LogP contribution is -2.14. The second-order valence-electron chi connectivity index (χ2n) is 7.43. The fourth-order valence-electron chi connectivity index (χ4n) is 3.74. The molecule has 1 heterocycles. The molecule has 2 N–H and O–H groups in total. The molecule has 31 heavy (non-hydrogen) atoms. The monoisotopic (exact) mass is 403 g/mol. The number of nitrogens with one attached hydrogen (secondary N) is 2. The minimum Gasteiger partial charge on any atom is -0.354 e. The molecule has 0 bridgehead atoms. The predicted molar refractivity (Wildman–Crippen MR) is 128 cm³/mol. The second kappa shape index (κ2) is 8.28. The van der Waals surface area contributed by atoms with Crippen molar-refractivity contribution in [2.45, 2.75) is 6.42 Å². The average Bonchev–Trinajstić information content (AvgIpc) is 2.81. The number of rotatable bonds is 5. The van der Waals surface area contributed by atoms with Crippen LogP contribution < -0.4 is 10.6 Å². The molecule has 150 valence electrons. The summed E-state index contributed by atoms with van der Waals surface area (Å²) in [7, 11) is 0. The number of hydrogen-bond donors (Lipinski definition) is 2. The van der Waals surface area contributed by atoms with Crippen molar-refractivity contribution in [2.75, 3.05) is 10.6 Å². The van der Waals surface area contributed by atoms with E-state index in [2.05, 4.69) is 22.8 Å². The molecule has 4 nitrogen and oxygen atoms in total. The van der Waals surface area contributed by atoms with Gasteiger partial charge in [0.15, 0.2) is 0 Å². The van der Waals surface area contributed by atoms with E-state index in [0.717, 1.165) is 44.4 Å². The van der Waals surface area contributed by atoms with E-state index in [0.29, 0.717) is 6.42 Å². The van der Waals surface area contributed by atoms with Crippen LogP contribution in [-0.2, 0) is 11.2 Å². The number of carbonyl (C=O) groups excluding carboxylic acids is 1. The third-order valence-corrected chi connectivity index (χ3v) is 5.23. The number of pyridine rings is 1. The van der Waals surface area contributed by atoms with Gasteiger partial charge in [-0.05, 0) is 42.0 Å². The normalized spacial score (nSPS) is 10.8. The van der Waals surface area contributed by atoms with Crippen molar-refractivity contribution in [2.24, 2.45) is 0 Å². The van der Waals surface area contributed by atoms with E-state index in [-0.39, 0.29) is 5.91 Å². The minimum atomic E-state index is -0.0296. The van der Waals surface area contributed by atoms with Gasteiger partial charge in [0.2, 0.25) is 5.91 Å². The van der Waals surface area contributed by atoms with Gasteiger partial charge >= 0.3 is 0 Å².